The van der Waals surface area contributed by atoms with Crippen molar-refractivity contribution in [1.29, 1.82) is 0 Å². The monoisotopic (exact) mass is 427 g/mol. The molecule has 1 aliphatic carbocycles. The van der Waals surface area contributed by atoms with Gasteiger partial charge in [0.1, 0.15) is 0 Å². The molecule has 162 valence electrons. The predicted molar refractivity (Wildman–Crippen MR) is 123 cm³/mol. The van der Waals surface area contributed by atoms with E-state index >= 15 is 0 Å². The van der Waals surface area contributed by atoms with E-state index in [1.54, 1.807) is 6.08 Å². The van der Waals surface area contributed by atoms with Crippen LogP contribution in [0.5, 0.6) is 0 Å². The lowest BCUT2D eigenvalue weighted by Gasteiger charge is -2.37. The Hall–Kier alpha value is -3.70. The van der Waals surface area contributed by atoms with Gasteiger partial charge >= 0.3 is 11.9 Å². The summed E-state index contributed by atoms with van der Waals surface area (Å²) in [7, 11) is 2.68. The largest absolute Gasteiger partial charge is 0.469 e. The van der Waals surface area contributed by atoms with Gasteiger partial charge in [0, 0.05) is 12.1 Å². The van der Waals surface area contributed by atoms with Crippen LogP contribution in [0.15, 0.2) is 91.0 Å². The van der Waals surface area contributed by atoms with Crippen molar-refractivity contribution in [2.45, 2.75) is 18.0 Å². The van der Waals surface area contributed by atoms with Crippen LogP contribution >= 0.6 is 0 Å². The Morgan fingerprint density at radius 2 is 1.41 bits per heavy atom. The van der Waals surface area contributed by atoms with Crippen molar-refractivity contribution in [2.24, 2.45) is 0 Å². The highest BCUT2D eigenvalue weighted by molar-refractivity contribution is 5.84. The second kappa shape index (κ2) is 9.20. The molecule has 32 heavy (non-hydrogen) atoms. The number of carbonyl (C=O) groups is 2. The van der Waals surface area contributed by atoms with Crippen molar-refractivity contribution < 1.29 is 19.1 Å². The van der Waals surface area contributed by atoms with Crippen LogP contribution in [0.1, 0.15) is 23.1 Å². The summed E-state index contributed by atoms with van der Waals surface area (Å²) < 4.78 is 9.68. The standard InChI is InChI=1S/C27H25NO4/c1-31-25(29)17-16-20(18-26(30)32-2)28-27(19-10-4-3-5-11-19)23-14-8-6-12-21(23)22-13-7-9-15-24(22)27/h3-17,20,28H,18H2,1-2H3/b17-16+. The zero-order valence-corrected chi connectivity index (χ0v) is 18.1. The van der Waals surface area contributed by atoms with Gasteiger partial charge in [-0.2, -0.15) is 0 Å². The average molecular weight is 428 g/mol. The third kappa shape index (κ3) is 3.83. The summed E-state index contributed by atoms with van der Waals surface area (Å²) >= 11 is 0. The molecule has 5 nitrogen and oxygen atoms in total. The van der Waals surface area contributed by atoms with Crippen LogP contribution in [0, 0.1) is 0 Å². The van der Waals surface area contributed by atoms with Gasteiger partial charge in [-0.05, 0) is 27.8 Å². The Balaban J connectivity index is 1.91. The molecule has 0 saturated heterocycles. The third-order valence-corrected chi connectivity index (χ3v) is 5.84. The summed E-state index contributed by atoms with van der Waals surface area (Å²) in [6.45, 7) is 0. The first-order valence-corrected chi connectivity index (χ1v) is 10.5. The summed E-state index contributed by atoms with van der Waals surface area (Å²) in [4.78, 5) is 24.0. The van der Waals surface area contributed by atoms with Crippen molar-refractivity contribution in [3.63, 3.8) is 0 Å². The summed E-state index contributed by atoms with van der Waals surface area (Å²) in [5, 5.41) is 3.71. The van der Waals surface area contributed by atoms with E-state index in [9.17, 15) is 9.59 Å². The minimum absolute atomic E-state index is 0.0584. The lowest BCUT2D eigenvalue weighted by atomic mass is 9.79. The molecule has 0 bridgehead atoms. The van der Waals surface area contributed by atoms with E-state index in [-0.39, 0.29) is 12.4 Å². The number of methoxy groups -OCH3 is 2. The second-order valence-electron chi connectivity index (χ2n) is 7.62. The molecule has 5 heteroatoms. The van der Waals surface area contributed by atoms with Crippen LogP contribution in [0.3, 0.4) is 0 Å². The highest BCUT2D eigenvalue weighted by atomic mass is 16.5. The molecule has 0 spiro atoms. The van der Waals surface area contributed by atoms with Crippen LogP contribution in [0.2, 0.25) is 0 Å². The molecule has 0 amide bonds. The van der Waals surface area contributed by atoms with Gasteiger partial charge < -0.3 is 9.47 Å². The van der Waals surface area contributed by atoms with Crippen molar-refractivity contribution >= 4 is 11.9 Å². The lowest BCUT2D eigenvalue weighted by Crippen LogP contribution is -2.48. The van der Waals surface area contributed by atoms with Gasteiger partial charge in [-0.25, -0.2) is 4.79 Å². The molecule has 3 aromatic carbocycles. The molecule has 1 unspecified atom stereocenters. The van der Waals surface area contributed by atoms with E-state index < -0.39 is 17.6 Å². The maximum absolute atomic E-state index is 12.2. The number of fused-ring (bicyclic) bond motifs is 3. The minimum Gasteiger partial charge on any atom is -0.469 e. The van der Waals surface area contributed by atoms with E-state index in [1.165, 1.54) is 20.3 Å². The average Bonchev–Trinajstić information content (AvgIpc) is 3.13. The first-order chi connectivity index (χ1) is 15.6. The van der Waals surface area contributed by atoms with Crippen LogP contribution in [-0.2, 0) is 24.6 Å². The summed E-state index contributed by atoms with van der Waals surface area (Å²) in [6, 6.07) is 26.2. The topological polar surface area (TPSA) is 64.6 Å². The number of ether oxygens (including phenoxy) is 2. The summed E-state index contributed by atoms with van der Waals surface area (Å²) in [5.41, 5.74) is 4.77. The number of carbonyl (C=O) groups excluding carboxylic acids is 2. The van der Waals surface area contributed by atoms with E-state index in [0.717, 1.165) is 27.8 Å². The van der Waals surface area contributed by atoms with Crippen LogP contribution in [0.25, 0.3) is 11.1 Å². The van der Waals surface area contributed by atoms with E-state index in [0.29, 0.717) is 0 Å². The molecule has 0 radical (unpaired) electrons. The van der Waals surface area contributed by atoms with E-state index in [2.05, 4.69) is 41.7 Å². The first kappa shape index (κ1) is 21.5. The third-order valence-electron chi connectivity index (χ3n) is 5.84. The molecular formula is C27H25NO4. The fourth-order valence-corrected chi connectivity index (χ4v) is 4.44. The number of benzene rings is 3. The van der Waals surface area contributed by atoms with E-state index in [1.807, 2.05) is 42.5 Å². The Labute approximate surface area is 187 Å². The maximum atomic E-state index is 12.2. The fraction of sp³-hybridized carbons (Fsp3) is 0.185. The molecule has 0 aromatic heterocycles. The molecule has 3 aromatic rings. The molecule has 0 saturated carbocycles. The van der Waals surface area contributed by atoms with Gasteiger partial charge in [0.15, 0.2) is 0 Å². The zero-order chi connectivity index (χ0) is 22.6. The molecule has 0 fully saturated rings. The number of esters is 2. The highest BCUT2D eigenvalue weighted by Gasteiger charge is 2.45. The van der Waals surface area contributed by atoms with Gasteiger partial charge in [0.2, 0.25) is 0 Å². The fourth-order valence-electron chi connectivity index (χ4n) is 4.44. The Kier molecular flexibility index (Phi) is 6.19. The van der Waals surface area contributed by atoms with Crippen molar-refractivity contribution in [3.8, 4) is 11.1 Å². The zero-order valence-electron chi connectivity index (χ0n) is 18.1. The van der Waals surface area contributed by atoms with Gasteiger partial charge in [-0.3, -0.25) is 10.1 Å². The number of rotatable bonds is 7. The molecular weight excluding hydrogens is 402 g/mol. The van der Waals surface area contributed by atoms with Gasteiger partial charge in [0.25, 0.3) is 0 Å². The molecule has 0 aliphatic heterocycles. The number of hydrogen-bond acceptors (Lipinski definition) is 5. The summed E-state index contributed by atoms with van der Waals surface area (Å²) in [5.74, 6) is -0.859. The second-order valence-corrected chi connectivity index (χ2v) is 7.62. The lowest BCUT2D eigenvalue weighted by molar-refractivity contribution is -0.141. The normalized spacial score (nSPS) is 14.4. The minimum atomic E-state index is -0.715. The SMILES string of the molecule is COC(=O)/C=C/C(CC(=O)OC)NC1(c2ccccc2)c2ccccc2-c2ccccc21. The molecule has 1 aliphatic rings. The van der Waals surface area contributed by atoms with Gasteiger partial charge in [-0.1, -0.05) is 84.9 Å². The van der Waals surface area contributed by atoms with Crippen molar-refractivity contribution in [1.82, 2.24) is 5.32 Å². The van der Waals surface area contributed by atoms with Crippen molar-refractivity contribution in [3.05, 3.63) is 108 Å². The Morgan fingerprint density at radius 3 is 1.97 bits per heavy atom. The van der Waals surface area contributed by atoms with Crippen LogP contribution in [-0.4, -0.2) is 32.2 Å². The molecule has 4 rings (SSSR count). The highest BCUT2D eigenvalue weighted by Crippen LogP contribution is 2.51. The number of hydrogen-bond donors (Lipinski definition) is 1. The first-order valence-electron chi connectivity index (χ1n) is 10.5. The molecule has 1 N–H and O–H groups in total. The van der Waals surface area contributed by atoms with Gasteiger partial charge in [-0.15, -0.1) is 0 Å². The van der Waals surface area contributed by atoms with Gasteiger partial charge in [0.05, 0.1) is 26.2 Å². The smallest absolute Gasteiger partial charge is 0.330 e. The van der Waals surface area contributed by atoms with Crippen molar-refractivity contribution in [2.75, 3.05) is 14.2 Å². The summed E-state index contributed by atoms with van der Waals surface area (Å²) in [6.07, 6.45) is 3.06. The Bertz CT molecular complexity index is 1110. The number of nitrogens with one attached hydrogen (secondary N) is 1. The van der Waals surface area contributed by atoms with Crippen LogP contribution in [0.4, 0.5) is 0 Å². The molecule has 0 heterocycles. The molecule has 1 atom stereocenters. The van der Waals surface area contributed by atoms with E-state index in [4.69, 9.17) is 9.47 Å². The van der Waals surface area contributed by atoms with Crippen LogP contribution < -0.4 is 5.32 Å². The quantitative estimate of drug-likeness (QED) is 0.452. The predicted octanol–water partition coefficient (Wildman–Crippen LogP) is 4.21. The Morgan fingerprint density at radius 1 is 0.844 bits per heavy atom. The maximum Gasteiger partial charge on any atom is 0.330 e.